The number of rotatable bonds is 6. The lowest BCUT2D eigenvalue weighted by molar-refractivity contribution is -0.146. The van der Waals surface area contributed by atoms with E-state index >= 15 is 0 Å². The van der Waals surface area contributed by atoms with Gasteiger partial charge in [-0.1, -0.05) is 30.3 Å². The maximum Gasteiger partial charge on any atom is 0.419 e. The molecule has 8 nitrogen and oxygen atoms in total. The maximum absolute atomic E-state index is 12.8. The van der Waals surface area contributed by atoms with Gasteiger partial charge in [0.1, 0.15) is 11.6 Å². The molecule has 0 saturated carbocycles. The van der Waals surface area contributed by atoms with Crippen molar-refractivity contribution in [2.24, 2.45) is 0 Å². The van der Waals surface area contributed by atoms with Crippen LogP contribution in [0.25, 0.3) is 10.9 Å². The van der Waals surface area contributed by atoms with Crippen LogP contribution in [-0.2, 0) is 31.7 Å². The third-order valence-corrected chi connectivity index (χ3v) is 5.41. The minimum absolute atomic E-state index is 0.0874. The number of aliphatic hydroxyl groups is 1. The van der Waals surface area contributed by atoms with Crippen LogP contribution in [0.15, 0.2) is 54.7 Å². The number of nitrogens with zero attached hydrogens (tertiary/aromatic N) is 1. The van der Waals surface area contributed by atoms with Crippen LogP contribution in [0.4, 0.5) is 18.0 Å². The summed E-state index contributed by atoms with van der Waals surface area (Å²) in [5.41, 5.74) is -0.736. The highest BCUT2D eigenvalue weighted by Gasteiger charge is 2.32. The first-order chi connectivity index (χ1) is 17.2. The third-order valence-electron chi connectivity index (χ3n) is 5.41. The van der Waals surface area contributed by atoms with Gasteiger partial charge in [-0.15, -0.1) is 0 Å². The summed E-state index contributed by atoms with van der Waals surface area (Å²) in [6.07, 6.45) is -5.65. The molecule has 0 aliphatic heterocycles. The van der Waals surface area contributed by atoms with E-state index in [9.17, 15) is 32.7 Å². The number of benzene rings is 2. The number of alkyl halides is 3. The SMILES string of the molecule is COC(=O)[C@H](Cc1cn(C(=O)OC(C)(C)C)c2ccccc12)NC(=O)[C@@H](O)c1ccc(C(F)(F)F)cc1. The average Bonchev–Trinajstić information content (AvgIpc) is 3.19. The number of nitrogens with one attached hydrogen (secondary N) is 1. The monoisotopic (exact) mass is 520 g/mol. The van der Waals surface area contributed by atoms with Crippen molar-refractivity contribution in [3.05, 3.63) is 71.4 Å². The Kier molecular flexibility index (Phi) is 7.97. The number of aliphatic hydroxyl groups excluding tert-OH is 1. The predicted molar refractivity (Wildman–Crippen MR) is 128 cm³/mol. The molecule has 3 aromatic rings. The van der Waals surface area contributed by atoms with Crippen molar-refractivity contribution in [3.8, 4) is 0 Å². The van der Waals surface area contributed by atoms with E-state index in [1.165, 1.54) is 10.8 Å². The first-order valence-corrected chi connectivity index (χ1v) is 11.3. The lowest BCUT2D eigenvalue weighted by Gasteiger charge is -2.20. The lowest BCUT2D eigenvalue weighted by Crippen LogP contribution is -2.45. The maximum atomic E-state index is 12.8. The zero-order valence-corrected chi connectivity index (χ0v) is 20.6. The summed E-state index contributed by atoms with van der Waals surface area (Å²) in [5.74, 6) is -1.83. The van der Waals surface area contributed by atoms with Crippen LogP contribution < -0.4 is 5.32 Å². The van der Waals surface area contributed by atoms with Gasteiger partial charge in [0.15, 0.2) is 6.10 Å². The average molecular weight is 521 g/mol. The van der Waals surface area contributed by atoms with Gasteiger partial charge in [0.05, 0.1) is 18.2 Å². The van der Waals surface area contributed by atoms with Gasteiger partial charge in [-0.3, -0.25) is 9.36 Å². The molecule has 2 atom stereocenters. The molecule has 1 aromatic heterocycles. The van der Waals surface area contributed by atoms with E-state index in [-0.39, 0.29) is 12.0 Å². The van der Waals surface area contributed by atoms with Crippen molar-refractivity contribution < 1.29 is 42.1 Å². The van der Waals surface area contributed by atoms with Crippen molar-refractivity contribution in [2.45, 2.75) is 51.1 Å². The Labute approximate surface area is 211 Å². The Morgan fingerprint density at radius 3 is 2.22 bits per heavy atom. The molecule has 198 valence electrons. The highest BCUT2D eigenvalue weighted by Crippen LogP contribution is 2.30. The van der Waals surface area contributed by atoms with Crippen LogP contribution >= 0.6 is 0 Å². The molecule has 0 bridgehead atoms. The normalized spacial score (nSPS) is 13.6. The van der Waals surface area contributed by atoms with Gasteiger partial charge in [0.25, 0.3) is 5.91 Å². The van der Waals surface area contributed by atoms with Crippen LogP contribution in [0.1, 0.15) is 43.6 Å². The van der Waals surface area contributed by atoms with Gasteiger partial charge in [0, 0.05) is 18.0 Å². The number of hydrogen-bond acceptors (Lipinski definition) is 6. The van der Waals surface area contributed by atoms with E-state index in [1.54, 1.807) is 45.0 Å². The molecule has 11 heteroatoms. The van der Waals surface area contributed by atoms with E-state index in [0.717, 1.165) is 31.4 Å². The van der Waals surface area contributed by atoms with Crippen LogP contribution in [0, 0.1) is 0 Å². The number of fused-ring (bicyclic) bond motifs is 1. The van der Waals surface area contributed by atoms with E-state index in [2.05, 4.69) is 5.32 Å². The Balaban J connectivity index is 1.86. The van der Waals surface area contributed by atoms with E-state index in [0.29, 0.717) is 16.5 Å². The van der Waals surface area contributed by atoms with Gasteiger partial charge in [0.2, 0.25) is 0 Å². The molecule has 2 N–H and O–H groups in total. The summed E-state index contributed by atoms with van der Waals surface area (Å²) < 4.78 is 50.0. The van der Waals surface area contributed by atoms with Crippen molar-refractivity contribution in [2.75, 3.05) is 7.11 Å². The van der Waals surface area contributed by atoms with Crippen molar-refractivity contribution in [3.63, 3.8) is 0 Å². The molecule has 1 heterocycles. The van der Waals surface area contributed by atoms with Crippen LogP contribution in [0.5, 0.6) is 0 Å². The zero-order chi connectivity index (χ0) is 27.5. The molecule has 2 aromatic carbocycles. The largest absolute Gasteiger partial charge is 0.467 e. The summed E-state index contributed by atoms with van der Waals surface area (Å²) >= 11 is 0. The minimum atomic E-state index is -4.57. The fraction of sp³-hybridized carbons (Fsp3) is 0.346. The summed E-state index contributed by atoms with van der Waals surface area (Å²) in [7, 11) is 1.12. The van der Waals surface area contributed by atoms with Crippen LogP contribution in [0.2, 0.25) is 0 Å². The third kappa shape index (κ3) is 6.67. The molecule has 37 heavy (non-hydrogen) atoms. The van der Waals surface area contributed by atoms with E-state index in [4.69, 9.17) is 9.47 Å². The number of carbonyl (C=O) groups is 3. The molecular weight excluding hydrogens is 493 g/mol. The van der Waals surface area contributed by atoms with E-state index < -0.39 is 47.5 Å². The van der Waals surface area contributed by atoms with Crippen LogP contribution in [0.3, 0.4) is 0 Å². The lowest BCUT2D eigenvalue weighted by atomic mass is 10.0. The standard InChI is InChI=1S/C26H27F3N2O6/c1-25(2,3)37-24(35)31-14-16(18-7-5-6-8-20(18)31)13-19(23(34)36-4)30-22(33)21(32)15-9-11-17(12-10-15)26(27,28)29/h5-12,14,19,21,32H,13H2,1-4H3,(H,30,33)/t19-,21-/m0/s1. The molecule has 0 radical (unpaired) electrons. The number of ether oxygens (including phenoxy) is 2. The molecule has 0 unspecified atom stereocenters. The molecule has 0 aliphatic carbocycles. The first-order valence-electron chi connectivity index (χ1n) is 11.3. The summed E-state index contributed by atoms with van der Waals surface area (Å²) in [6.45, 7) is 5.17. The summed E-state index contributed by atoms with van der Waals surface area (Å²) in [5, 5.41) is 13.4. The van der Waals surface area contributed by atoms with Gasteiger partial charge >= 0.3 is 18.2 Å². The Bertz CT molecular complexity index is 1290. The molecule has 0 saturated heterocycles. The smallest absolute Gasteiger partial charge is 0.419 e. The number of esters is 1. The molecular formula is C26H27F3N2O6. The number of aromatic nitrogens is 1. The molecule has 0 aliphatic rings. The molecule has 1 amide bonds. The molecule has 0 fully saturated rings. The second-order valence-corrected chi connectivity index (χ2v) is 9.33. The quantitative estimate of drug-likeness (QED) is 0.468. The minimum Gasteiger partial charge on any atom is -0.467 e. The number of carbonyl (C=O) groups excluding carboxylic acids is 3. The number of hydrogen-bond donors (Lipinski definition) is 2. The number of amides is 1. The molecule has 0 spiro atoms. The predicted octanol–water partition coefficient (Wildman–Crippen LogP) is 4.38. The van der Waals surface area contributed by atoms with Crippen molar-refractivity contribution in [1.29, 1.82) is 0 Å². The van der Waals surface area contributed by atoms with E-state index in [1.807, 2.05) is 0 Å². The van der Waals surface area contributed by atoms with Gasteiger partial charge < -0.3 is 19.9 Å². The van der Waals surface area contributed by atoms with Crippen molar-refractivity contribution >= 4 is 28.9 Å². The second-order valence-electron chi connectivity index (χ2n) is 9.33. The highest BCUT2D eigenvalue weighted by molar-refractivity contribution is 5.93. The van der Waals surface area contributed by atoms with Gasteiger partial charge in [-0.2, -0.15) is 13.2 Å². The second kappa shape index (κ2) is 10.6. The molecule has 3 rings (SSSR count). The van der Waals surface area contributed by atoms with Crippen LogP contribution in [-0.4, -0.2) is 46.4 Å². The zero-order valence-electron chi connectivity index (χ0n) is 20.6. The highest BCUT2D eigenvalue weighted by atomic mass is 19.4. The van der Waals surface area contributed by atoms with Crippen molar-refractivity contribution in [1.82, 2.24) is 9.88 Å². The first kappa shape index (κ1) is 27.7. The fourth-order valence-electron chi connectivity index (χ4n) is 3.69. The fourth-order valence-corrected chi connectivity index (χ4v) is 3.69. The number of para-hydroxylation sites is 1. The summed E-state index contributed by atoms with van der Waals surface area (Å²) in [4.78, 5) is 37.9. The Morgan fingerprint density at radius 1 is 1.03 bits per heavy atom. The number of halogens is 3. The topological polar surface area (TPSA) is 107 Å². The summed E-state index contributed by atoms with van der Waals surface area (Å²) in [6, 6.07) is 9.09. The van der Waals surface area contributed by atoms with Gasteiger partial charge in [-0.05, 0) is 50.1 Å². The number of methoxy groups -OCH3 is 1. The Morgan fingerprint density at radius 2 is 1.65 bits per heavy atom. The van der Waals surface area contributed by atoms with Gasteiger partial charge in [-0.25, -0.2) is 9.59 Å². The Hall–Kier alpha value is -3.86.